The van der Waals surface area contributed by atoms with Crippen LogP contribution in [0, 0.1) is 0 Å². The van der Waals surface area contributed by atoms with E-state index in [0.717, 1.165) is 26.3 Å². The van der Waals surface area contributed by atoms with Crippen molar-refractivity contribution in [3.05, 3.63) is 0 Å². The van der Waals surface area contributed by atoms with Gasteiger partial charge in [-0.15, -0.1) is 0 Å². The van der Waals surface area contributed by atoms with Crippen LogP contribution in [-0.4, -0.2) is 50.8 Å². The van der Waals surface area contributed by atoms with Gasteiger partial charge >= 0.3 is 0 Å². The first-order valence-corrected chi connectivity index (χ1v) is 5.33. The van der Waals surface area contributed by atoms with Crippen LogP contribution >= 0.6 is 0 Å². The molecule has 0 saturated carbocycles. The number of hydrogen-bond acceptors (Lipinski definition) is 3. The molecule has 0 amide bonds. The molecule has 1 N–H and O–H groups in total. The van der Waals surface area contributed by atoms with Crippen LogP contribution in [-0.2, 0) is 4.74 Å². The summed E-state index contributed by atoms with van der Waals surface area (Å²) in [4.78, 5) is 2.42. The van der Waals surface area contributed by atoms with Crippen molar-refractivity contribution in [3.63, 3.8) is 0 Å². The van der Waals surface area contributed by atoms with Crippen molar-refractivity contribution in [3.8, 4) is 0 Å². The van der Waals surface area contributed by atoms with Gasteiger partial charge in [0.2, 0.25) is 0 Å². The van der Waals surface area contributed by atoms with Gasteiger partial charge in [-0.2, -0.15) is 0 Å². The second-order valence-electron chi connectivity index (χ2n) is 3.71. The predicted octanol–water partition coefficient (Wildman–Crippen LogP) is 0.707. The second-order valence-corrected chi connectivity index (χ2v) is 3.71. The molecule has 0 radical (unpaired) electrons. The predicted molar refractivity (Wildman–Crippen MR) is 55.0 cm³/mol. The minimum atomic E-state index is 0.668. The van der Waals surface area contributed by atoms with E-state index in [1.54, 1.807) is 0 Å². The van der Waals surface area contributed by atoms with Gasteiger partial charge in [-0.25, -0.2) is 0 Å². The van der Waals surface area contributed by atoms with E-state index in [0.29, 0.717) is 6.04 Å². The molecular formula is C10H22N2O. The Hall–Kier alpha value is -0.120. The normalized spacial score (nSPS) is 22.8. The highest BCUT2D eigenvalue weighted by atomic mass is 16.5. The van der Waals surface area contributed by atoms with E-state index in [1.165, 1.54) is 19.4 Å². The third kappa shape index (κ3) is 4.07. The minimum Gasteiger partial charge on any atom is -0.380 e. The van der Waals surface area contributed by atoms with Crippen molar-refractivity contribution in [2.45, 2.75) is 25.8 Å². The molecule has 3 nitrogen and oxygen atoms in total. The molecule has 1 rings (SSSR count). The Kier molecular flexibility index (Phi) is 5.35. The molecule has 0 aromatic carbocycles. The summed E-state index contributed by atoms with van der Waals surface area (Å²) in [5, 5.41) is 3.34. The molecule has 1 unspecified atom stereocenters. The van der Waals surface area contributed by atoms with Crippen LogP contribution in [0.15, 0.2) is 0 Å². The van der Waals surface area contributed by atoms with E-state index in [-0.39, 0.29) is 0 Å². The lowest BCUT2D eigenvalue weighted by Crippen LogP contribution is -2.34. The van der Waals surface area contributed by atoms with E-state index in [9.17, 15) is 0 Å². The Bertz CT molecular complexity index is 124. The van der Waals surface area contributed by atoms with Crippen LogP contribution in [0.1, 0.15) is 19.8 Å². The van der Waals surface area contributed by atoms with E-state index in [2.05, 4.69) is 24.2 Å². The number of likely N-dealkylation sites (N-methyl/N-ethyl adjacent to an activating group) is 1. The lowest BCUT2D eigenvalue weighted by atomic mass is 10.2. The zero-order chi connectivity index (χ0) is 9.52. The summed E-state index contributed by atoms with van der Waals surface area (Å²) in [6, 6.07) is 0.668. The van der Waals surface area contributed by atoms with E-state index < -0.39 is 0 Å². The van der Waals surface area contributed by atoms with Crippen molar-refractivity contribution in [1.82, 2.24) is 10.2 Å². The van der Waals surface area contributed by atoms with Crippen LogP contribution in [0.25, 0.3) is 0 Å². The first-order chi connectivity index (χ1) is 6.34. The molecule has 1 aliphatic rings. The summed E-state index contributed by atoms with van der Waals surface area (Å²) in [6.45, 7) is 7.42. The van der Waals surface area contributed by atoms with Crippen LogP contribution in [0.2, 0.25) is 0 Å². The first kappa shape index (κ1) is 11.0. The van der Waals surface area contributed by atoms with Gasteiger partial charge in [0, 0.05) is 12.6 Å². The zero-order valence-corrected chi connectivity index (χ0v) is 8.88. The maximum absolute atomic E-state index is 5.35. The highest BCUT2D eigenvalue weighted by Crippen LogP contribution is 2.10. The van der Waals surface area contributed by atoms with Crippen molar-refractivity contribution in [2.24, 2.45) is 0 Å². The second kappa shape index (κ2) is 6.35. The quantitative estimate of drug-likeness (QED) is 0.618. The van der Waals surface area contributed by atoms with Crippen molar-refractivity contribution < 1.29 is 4.74 Å². The van der Waals surface area contributed by atoms with Crippen LogP contribution in [0.4, 0.5) is 0 Å². The lowest BCUT2D eigenvalue weighted by molar-refractivity contribution is 0.158. The Balaban J connectivity index is 1.99. The molecule has 0 aromatic rings. The van der Waals surface area contributed by atoms with Gasteiger partial charge in [0.25, 0.3) is 0 Å². The lowest BCUT2D eigenvalue weighted by Gasteiger charge is -2.22. The smallest absolute Gasteiger partial charge is 0.0622 e. The van der Waals surface area contributed by atoms with Crippen LogP contribution in [0.5, 0.6) is 0 Å². The molecule has 3 heteroatoms. The summed E-state index contributed by atoms with van der Waals surface area (Å²) in [5.41, 5.74) is 0. The van der Waals surface area contributed by atoms with Gasteiger partial charge in [0.05, 0.1) is 6.61 Å². The number of hydrogen-bond donors (Lipinski definition) is 1. The maximum atomic E-state index is 5.35. The SMILES string of the molecule is CCNCCCN(C)C1CCOC1. The Labute approximate surface area is 81.4 Å². The Morgan fingerprint density at radius 3 is 3.00 bits per heavy atom. The maximum Gasteiger partial charge on any atom is 0.0622 e. The standard InChI is InChI=1S/C10H22N2O/c1-3-11-6-4-7-12(2)10-5-8-13-9-10/h10-11H,3-9H2,1-2H3. The molecule has 1 atom stereocenters. The molecule has 1 fully saturated rings. The molecule has 1 saturated heterocycles. The Morgan fingerprint density at radius 2 is 2.38 bits per heavy atom. The minimum absolute atomic E-state index is 0.668. The fourth-order valence-corrected chi connectivity index (χ4v) is 1.68. The molecular weight excluding hydrogens is 164 g/mol. The highest BCUT2D eigenvalue weighted by Gasteiger charge is 2.19. The van der Waals surface area contributed by atoms with Gasteiger partial charge in [0.1, 0.15) is 0 Å². The third-order valence-electron chi connectivity index (χ3n) is 2.64. The molecule has 78 valence electrons. The summed E-state index contributed by atoms with van der Waals surface area (Å²) in [5.74, 6) is 0. The average Bonchev–Trinajstić information content (AvgIpc) is 2.65. The molecule has 0 aliphatic carbocycles. The molecule has 0 spiro atoms. The van der Waals surface area contributed by atoms with Crippen LogP contribution < -0.4 is 5.32 Å². The molecule has 0 aromatic heterocycles. The van der Waals surface area contributed by atoms with Gasteiger partial charge in [-0.3, -0.25) is 0 Å². The van der Waals surface area contributed by atoms with Gasteiger partial charge in [-0.05, 0) is 39.5 Å². The van der Waals surface area contributed by atoms with Crippen LogP contribution in [0.3, 0.4) is 0 Å². The summed E-state index contributed by atoms with van der Waals surface area (Å²) in [7, 11) is 2.20. The van der Waals surface area contributed by atoms with E-state index in [4.69, 9.17) is 4.74 Å². The fourth-order valence-electron chi connectivity index (χ4n) is 1.68. The topological polar surface area (TPSA) is 24.5 Å². The average molecular weight is 186 g/mol. The monoisotopic (exact) mass is 186 g/mol. The number of nitrogens with one attached hydrogen (secondary N) is 1. The molecule has 1 heterocycles. The number of rotatable bonds is 6. The highest BCUT2D eigenvalue weighted by molar-refractivity contribution is 4.72. The van der Waals surface area contributed by atoms with Crippen molar-refractivity contribution >= 4 is 0 Å². The van der Waals surface area contributed by atoms with Crippen molar-refractivity contribution in [2.75, 3.05) is 39.9 Å². The summed E-state index contributed by atoms with van der Waals surface area (Å²) < 4.78 is 5.35. The number of ether oxygens (including phenoxy) is 1. The molecule has 0 bridgehead atoms. The molecule has 13 heavy (non-hydrogen) atoms. The summed E-state index contributed by atoms with van der Waals surface area (Å²) >= 11 is 0. The Morgan fingerprint density at radius 1 is 1.54 bits per heavy atom. The van der Waals surface area contributed by atoms with Crippen molar-refractivity contribution in [1.29, 1.82) is 0 Å². The molecule has 1 aliphatic heterocycles. The van der Waals surface area contributed by atoms with Gasteiger partial charge in [0.15, 0.2) is 0 Å². The van der Waals surface area contributed by atoms with E-state index in [1.807, 2.05) is 0 Å². The fraction of sp³-hybridized carbons (Fsp3) is 1.00. The zero-order valence-electron chi connectivity index (χ0n) is 8.88. The largest absolute Gasteiger partial charge is 0.380 e. The first-order valence-electron chi connectivity index (χ1n) is 5.33. The van der Waals surface area contributed by atoms with Gasteiger partial charge in [-0.1, -0.05) is 6.92 Å². The number of nitrogens with zero attached hydrogens (tertiary/aromatic N) is 1. The van der Waals surface area contributed by atoms with E-state index >= 15 is 0 Å². The third-order valence-corrected chi connectivity index (χ3v) is 2.64. The van der Waals surface area contributed by atoms with Gasteiger partial charge < -0.3 is 15.0 Å². The summed E-state index contributed by atoms with van der Waals surface area (Å²) in [6.07, 6.45) is 2.44.